The average molecular weight is 460 g/mol. The minimum atomic E-state index is -0.133. The Morgan fingerprint density at radius 1 is 0.941 bits per heavy atom. The van der Waals surface area contributed by atoms with Crippen molar-refractivity contribution < 1.29 is 0 Å². The Morgan fingerprint density at radius 3 is 2.65 bits per heavy atom. The summed E-state index contributed by atoms with van der Waals surface area (Å²) in [6, 6.07) is 26.9. The summed E-state index contributed by atoms with van der Waals surface area (Å²) in [5.74, 6) is 0. The minimum absolute atomic E-state index is 0.0216. The molecular formula is C29H21N3OS. The van der Waals surface area contributed by atoms with Crippen molar-refractivity contribution in [2.75, 3.05) is 0 Å². The molecule has 1 N–H and O–H groups in total. The molecular weight excluding hydrogens is 438 g/mol. The number of aryl methyl sites for hydroxylation is 1. The van der Waals surface area contributed by atoms with E-state index in [4.69, 9.17) is 4.99 Å². The highest BCUT2D eigenvalue weighted by Crippen LogP contribution is 2.41. The zero-order valence-electron chi connectivity index (χ0n) is 18.4. The van der Waals surface area contributed by atoms with Crippen LogP contribution in [0.25, 0.3) is 22.7 Å². The van der Waals surface area contributed by atoms with Crippen LogP contribution in [0.4, 0.5) is 0 Å². The van der Waals surface area contributed by atoms with Crippen molar-refractivity contribution in [2.45, 2.75) is 18.9 Å². The lowest BCUT2D eigenvalue weighted by Gasteiger charge is -2.30. The molecule has 7 rings (SSSR count). The molecule has 2 aliphatic rings. The Balaban J connectivity index is 1.50. The zero-order valence-corrected chi connectivity index (χ0v) is 19.2. The van der Waals surface area contributed by atoms with E-state index in [-0.39, 0.29) is 11.6 Å². The number of thiazole rings is 1. The number of fused-ring (bicyclic) bond motifs is 4. The number of nitrogens with one attached hydrogen (secondary N) is 1. The van der Waals surface area contributed by atoms with Gasteiger partial charge in [0.1, 0.15) is 0 Å². The van der Waals surface area contributed by atoms with Crippen molar-refractivity contribution in [2.24, 2.45) is 4.99 Å². The van der Waals surface area contributed by atoms with Crippen LogP contribution in [0.2, 0.25) is 0 Å². The van der Waals surface area contributed by atoms with E-state index in [9.17, 15) is 4.79 Å². The predicted octanol–water partition coefficient (Wildman–Crippen LogP) is 4.80. The lowest BCUT2D eigenvalue weighted by Crippen LogP contribution is -2.38. The number of hydrogen-bond donors (Lipinski definition) is 1. The van der Waals surface area contributed by atoms with E-state index in [2.05, 4.69) is 53.5 Å². The van der Waals surface area contributed by atoms with Crippen LogP contribution in [0.15, 0.2) is 100 Å². The van der Waals surface area contributed by atoms with Gasteiger partial charge in [-0.05, 0) is 41.7 Å². The van der Waals surface area contributed by atoms with Crippen LogP contribution < -0.4 is 14.9 Å². The monoisotopic (exact) mass is 459 g/mol. The van der Waals surface area contributed by atoms with Gasteiger partial charge in [-0.1, -0.05) is 84.1 Å². The van der Waals surface area contributed by atoms with Crippen LogP contribution >= 0.6 is 11.3 Å². The number of allylic oxidation sites excluding steroid dienone is 1. The van der Waals surface area contributed by atoms with Gasteiger partial charge in [-0.2, -0.15) is 0 Å². The Labute approximate surface area is 199 Å². The second kappa shape index (κ2) is 7.54. The fraction of sp³-hybridized carbons (Fsp3) is 0.103. The molecule has 5 aromatic rings. The second-order valence-corrected chi connectivity index (χ2v) is 9.82. The molecule has 1 aliphatic heterocycles. The molecule has 0 saturated carbocycles. The third-order valence-electron chi connectivity index (χ3n) is 6.90. The lowest BCUT2D eigenvalue weighted by atomic mass is 9.83. The summed E-state index contributed by atoms with van der Waals surface area (Å²) in [6.07, 6.45) is 5.84. The summed E-state index contributed by atoms with van der Waals surface area (Å²) in [5.41, 5.74) is 8.03. The standard InChI is InChI=1S/C29H21N3OS/c33-28-25(16-20-17-30-24-13-7-6-11-21(20)24)34-29-31-26-22-12-5-4-8-18(22)14-15-23(26)27(32(28)29)19-9-2-1-3-10-19/h1-13,16-17,27,30H,14-15H2/b25-16+. The number of nitrogens with zero attached hydrogens (tertiary/aromatic N) is 2. The molecule has 2 aromatic heterocycles. The lowest BCUT2D eigenvalue weighted by molar-refractivity contribution is 0.585. The van der Waals surface area contributed by atoms with E-state index < -0.39 is 0 Å². The van der Waals surface area contributed by atoms with E-state index in [0.717, 1.165) is 45.4 Å². The molecule has 5 heteroatoms. The molecule has 0 saturated heterocycles. The van der Waals surface area contributed by atoms with Crippen LogP contribution in [-0.4, -0.2) is 9.55 Å². The summed E-state index contributed by atoms with van der Waals surface area (Å²) < 4.78 is 2.62. The van der Waals surface area contributed by atoms with Gasteiger partial charge in [-0.15, -0.1) is 0 Å². The van der Waals surface area contributed by atoms with Crippen molar-refractivity contribution in [3.63, 3.8) is 0 Å². The summed E-state index contributed by atoms with van der Waals surface area (Å²) in [7, 11) is 0. The summed E-state index contributed by atoms with van der Waals surface area (Å²) >= 11 is 1.48. The largest absolute Gasteiger partial charge is 0.361 e. The Bertz CT molecular complexity index is 1790. The van der Waals surface area contributed by atoms with Crippen molar-refractivity contribution in [1.29, 1.82) is 0 Å². The van der Waals surface area contributed by atoms with Gasteiger partial charge >= 0.3 is 0 Å². The first kappa shape index (κ1) is 19.5. The highest BCUT2D eigenvalue weighted by molar-refractivity contribution is 7.07. The molecule has 3 heterocycles. The first-order chi connectivity index (χ1) is 16.8. The number of para-hydroxylation sites is 1. The number of rotatable bonds is 2. The van der Waals surface area contributed by atoms with Gasteiger partial charge in [0.25, 0.3) is 5.56 Å². The van der Waals surface area contributed by atoms with Gasteiger partial charge in [-0.25, -0.2) is 4.99 Å². The van der Waals surface area contributed by atoms with Crippen molar-refractivity contribution >= 4 is 34.0 Å². The fourth-order valence-electron chi connectivity index (χ4n) is 5.31. The quantitative estimate of drug-likeness (QED) is 0.405. The summed E-state index contributed by atoms with van der Waals surface area (Å²) in [5, 5.41) is 1.11. The zero-order chi connectivity index (χ0) is 22.6. The Hall–Kier alpha value is -3.96. The third kappa shape index (κ3) is 2.90. The van der Waals surface area contributed by atoms with Crippen molar-refractivity contribution in [1.82, 2.24) is 9.55 Å². The molecule has 1 atom stereocenters. The summed E-state index contributed by atoms with van der Waals surface area (Å²) in [4.78, 5) is 23.0. The number of H-pyrrole nitrogens is 1. The molecule has 34 heavy (non-hydrogen) atoms. The van der Waals surface area contributed by atoms with Gasteiger partial charge in [0.2, 0.25) is 0 Å². The topological polar surface area (TPSA) is 50.1 Å². The molecule has 164 valence electrons. The van der Waals surface area contributed by atoms with Crippen molar-refractivity contribution in [3.05, 3.63) is 133 Å². The van der Waals surface area contributed by atoms with E-state index >= 15 is 0 Å². The number of aromatic nitrogens is 2. The first-order valence-electron chi connectivity index (χ1n) is 11.5. The summed E-state index contributed by atoms with van der Waals surface area (Å²) in [6.45, 7) is 0. The molecule has 4 nitrogen and oxygen atoms in total. The van der Waals surface area contributed by atoms with E-state index in [0.29, 0.717) is 4.53 Å². The Morgan fingerprint density at radius 2 is 1.74 bits per heavy atom. The molecule has 0 fully saturated rings. The van der Waals surface area contributed by atoms with Gasteiger partial charge in [0.05, 0.1) is 16.3 Å². The average Bonchev–Trinajstić information content (AvgIpc) is 3.44. The second-order valence-electron chi connectivity index (χ2n) is 8.81. The molecule has 1 unspecified atom stereocenters. The van der Waals surface area contributed by atoms with E-state index in [1.165, 1.54) is 28.0 Å². The molecule has 0 spiro atoms. The minimum Gasteiger partial charge on any atom is -0.361 e. The number of hydrogen-bond acceptors (Lipinski definition) is 3. The SMILES string of the molecule is O=c1/c(=C\c2c[nH]c3ccccc23)sc2n1C(c1ccccc1)C1=C(N=2)c2ccccc2CC1. The van der Waals surface area contributed by atoms with Gasteiger partial charge in [0.15, 0.2) is 4.80 Å². The van der Waals surface area contributed by atoms with Crippen LogP contribution in [0, 0.1) is 0 Å². The van der Waals surface area contributed by atoms with Crippen LogP contribution in [0.1, 0.15) is 34.7 Å². The van der Waals surface area contributed by atoms with Crippen molar-refractivity contribution in [3.8, 4) is 0 Å². The maximum Gasteiger partial charge on any atom is 0.271 e. The molecule has 0 radical (unpaired) electrons. The van der Waals surface area contributed by atoms with Gasteiger partial charge in [-0.3, -0.25) is 9.36 Å². The van der Waals surface area contributed by atoms with E-state index in [1.807, 2.05) is 47.2 Å². The number of benzene rings is 3. The normalized spacial score (nSPS) is 17.3. The highest BCUT2D eigenvalue weighted by Gasteiger charge is 2.32. The molecule has 0 amide bonds. The van der Waals surface area contributed by atoms with E-state index in [1.54, 1.807) is 0 Å². The van der Waals surface area contributed by atoms with Crippen LogP contribution in [0.5, 0.6) is 0 Å². The molecule has 1 aliphatic carbocycles. The van der Waals surface area contributed by atoms with Crippen LogP contribution in [-0.2, 0) is 6.42 Å². The van der Waals surface area contributed by atoms with Crippen LogP contribution in [0.3, 0.4) is 0 Å². The highest BCUT2D eigenvalue weighted by atomic mass is 32.1. The number of aromatic amines is 1. The fourth-order valence-corrected chi connectivity index (χ4v) is 6.30. The van der Waals surface area contributed by atoms with Gasteiger partial charge < -0.3 is 4.98 Å². The third-order valence-corrected chi connectivity index (χ3v) is 7.88. The molecule has 3 aromatic carbocycles. The van der Waals surface area contributed by atoms with Gasteiger partial charge in [0, 0.05) is 28.2 Å². The maximum atomic E-state index is 13.8. The maximum absolute atomic E-state index is 13.8. The Kier molecular flexibility index (Phi) is 4.32. The predicted molar refractivity (Wildman–Crippen MR) is 137 cm³/mol. The smallest absolute Gasteiger partial charge is 0.271 e. The molecule has 0 bridgehead atoms. The first-order valence-corrected chi connectivity index (χ1v) is 12.3.